The maximum absolute atomic E-state index is 12.5. The maximum atomic E-state index is 12.5. The molecule has 0 bridgehead atoms. The Hall–Kier alpha value is -0.970. The maximum Gasteiger partial charge on any atom is 0.453 e. The molecule has 4 N–H and O–H groups in total. The van der Waals surface area contributed by atoms with Gasteiger partial charge >= 0.3 is 18.1 Å². The van der Waals surface area contributed by atoms with Crippen LogP contribution < -0.4 is 5.73 Å². The van der Waals surface area contributed by atoms with Crippen LogP contribution in [0.5, 0.6) is 0 Å². The molecule has 5 nitrogen and oxygen atoms in total. The first kappa shape index (κ1) is 18.0. The Kier molecular flexibility index (Phi) is 5.68. The number of carboxylic acid groups (broad SMARTS) is 1. The van der Waals surface area contributed by atoms with Gasteiger partial charge in [-0.15, -0.1) is 0 Å². The van der Waals surface area contributed by atoms with Gasteiger partial charge in [-0.2, -0.15) is 22.0 Å². The first-order valence-electron chi connectivity index (χ1n) is 4.95. The van der Waals surface area contributed by atoms with Gasteiger partial charge in [0.15, 0.2) is 0 Å². The lowest BCUT2D eigenvalue weighted by Gasteiger charge is -2.20. The summed E-state index contributed by atoms with van der Waals surface area (Å²) in [6.07, 6.45) is -7.98. The molecule has 0 rings (SSSR count). The zero-order valence-corrected chi connectivity index (χ0v) is 10.4. The number of rotatable bonds is 7. The lowest BCUT2D eigenvalue weighted by molar-refractivity contribution is -0.282. The molecule has 0 heterocycles. The highest BCUT2D eigenvalue weighted by Crippen LogP contribution is 2.38. The van der Waals surface area contributed by atoms with Crippen LogP contribution in [-0.2, 0) is 14.5 Å². The van der Waals surface area contributed by atoms with Crippen molar-refractivity contribution in [2.75, 3.05) is 11.5 Å². The zero-order valence-electron chi connectivity index (χ0n) is 9.54. The summed E-state index contributed by atoms with van der Waals surface area (Å²) in [4.78, 5) is 10.3. The Balaban J connectivity index is 4.45. The van der Waals surface area contributed by atoms with Crippen molar-refractivity contribution >= 4 is 15.7 Å². The Bertz CT molecular complexity index is 421. The van der Waals surface area contributed by atoms with Gasteiger partial charge in [-0.3, -0.25) is 9.57 Å². The monoisotopic (exact) mass is 312 g/mol. The summed E-state index contributed by atoms with van der Waals surface area (Å²) < 4.78 is 79.1. The van der Waals surface area contributed by atoms with Gasteiger partial charge in [0.1, 0.15) is 6.04 Å². The van der Waals surface area contributed by atoms with E-state index >= 15 is 0 Å². The Morgan fingerprint density at radius 1 is 1.26 bits per heavy atom. The van der Waals surface area contributed by atoms with Gasteiger partial charge in [0, 0.05) is 27.7 Å². The third kappa shape index (κ3) is 6.14. The van der Waals surface area contributed by atoms with Crippen LogP contribution in [0.3, 0.4) is 0 Å². The van der Waals surface area contributed by atoms with Crippen LogP contribution in [0.15, 0.2) is 0 Å². The summed E-state index contributed by atoms with van der Waals surface area (Å²) in [5, 5.41) is 8.40. The van der Waals surface area contributed by atoms with Crippen LogP contribution in [0.4, 0.5) is 22.0 Å². The summed E-state index contributed by atoms with van der Waals surface area (Å²) in [6, 6.07) is -1.44. The predicted molar refractivity (Wildman–Crippen MR) is 56.4 cm³/mol. The molecular formula is C8H13F5N2O3S. The van der Waals surface area contributed by atoms with Crippen molar-refractivity contribution < 1.29 is 36.1 Å². The lowest BCUT2D eigenvalue weighted by Crippen LogP contribution is -2.38. The molecule has 0 saturated heterocycles. The highest BCUT2D eigenvalue weighted by molar-refractivity contribution is 7.92. The number of nitrogens with one attached hydrogen (secondary N) is 1. The van der Waals surface area contributed by atoms with Crippen molar-refractivity contribution in [1.82, 2.24) is 0 Å². The van der Waals surface area contributed by atoms with Gasteiger partial charge in [0.25, 0.3) is 0 Å². The van der Waals surface area contributed by atoms with Crippen molar-refractivity contribution in [2.24, 2.45) is 5.73 Å². The van der Waals surface area contributed by atoms with Crippen molar-refractivity contribution in [2.45, 2.75) is 31.0 Å². The second-order valence-corrected chi connectivity index (χ2v) is 6.35. The molecular weight excluding hydrogens is 299 g/mol. The highest BCUT2D eigenvalue weighted by atomic mass is 32.2. The number of alkyl halides is 5. The van der Waals surface area contributed by atoms with Crippen molar-refractivity contribution in [3.8, 4) is 0 Å². The fourth-order valence-corrected chi connectivity index (χ4v) is 2.40. The van der Waals surface area contributed by atoms with E-state index in [9.17, 15) is 31.0 Å². The molecule has 1 unspecified atom stereocenters. The molecule has 0 aromatic carbocycles. The van der Waals surface area contributed by atoms with Gasteiger partial charge in [-0.1, -0.05) is 0 Å². The number of halogens is 5. The summed E-state index contributed by atoms with van der Waals surface area (Å²) >= 11 is 0. The SMILES string of the molecule is N=S(=O)(CC[C@H](N)C(=O)O)CCC(F)(F)C(F)(F)F. The van der Waals surface area contributed by atoms with Crippen molar-refractivity contribution in [3.05, 3.63) is 0 Å². The third-order valence-electron chi connectivity index (χ3n) is 2.24. The molecule has 0 aromatic heterocycles. The number of hydrogen-bond acceptors (Lipinski definition) is 4. The van der Waals surface area contributed by atoms with E-state index in [0.717, 1.165) is 0 Å². The van der Waals surface area contributed by atoms with E-state index in [1.165, 1.54) is 0 Å². The van der Waals surface area contributed by atoms with Gasteiger partial charge < -0.3 is 10.8 Å². The van der Waals surface area contributed by atoms with Crippen LogP contribution in [0.1, 0.15) is 12.8 Å². The van der Waals surface area contributed by atoms with Gasteiger partial charge in [-0.25, -0.2) is 4.21 Å². The molecule has 11 heteroatoms. The average Bonchev–Trinajstić information content (AvgIpc) is 2.22. The topological polar surface area (TPSA) is 104 Å². The molecule has 0 fully saturated rings. The molecule has 114 valence electrons. The van der Waals surface area contributed by atoms with Crippen LogP contribution in [0.2, 0.25) is 0 Å². The minimum atomic E-state index is -5.76. The number of hydrogen-bond donors (Lipinski definition) is 3. The molecule has 0 aliphatic rings. The predicted octanol–water partition coefficient (Wildman–Crippen LogP) is 1.42. The summed E-state index contributed by atoms with van der Waals surface area (Å²) in [7, 11) is -3.73. The summed E-state index contributed by atoms with van der Waals surface area (Å²) in [5.41, 5.74) is 5.04. The normalized spacial score (nSPS) is 17.8. The van der Waals surface area contributed by atoms with Gasteiger partial charge in [0.05, 0.1) is 0 Å². The zero-order chi connectivity index (χ0) is 15.5. The number of carboxylic acids is 1. The number of aliphatic carboxylic acids is 1. The molecule has 0 spiro atoms. The Morgan fingerprint density at radius 3 is 2.11 bits per heavy atom. The highest BCUT2D eigenvalue weighted by Gasteiger charge is 2.57. The second-order valence-electron chi connectivity index (χ2n) is 3.91. The molecule has 0 aromatic rings. The fraction of sp³-hybridized carbons (Fsp3) is 0.875. The van der Waals surface area contributed by atoms with E-state index in [1.54, 1.807) is 0 Å². The largest absolute Gasteiger partial charge is 0.480 e. The van der Waals surface area contributed by atoms with E-state index in [0.29, 0.717) is 0 Å². The smallest absolute Gasteiger partial charge is 0.453 e. The molecule has 2 atom stereocenters. The van der Waals surface area contributed by atoms with E-state index < -0.39 is 58.2 Å². The van der Waals surface area contributed by atoms with Crippen LogP contribution in [0.25, 0.3) is 0 Å². The van der Waals surface area contributed by atoms with Crippen LogP contribution in [0, 0.1) is 4.78 Å². The van der Waals surface area contributed by atoms with E-state index in [1.807, 2.05) is 0 Å². The van der Waals surface area contributed by atoms with E-state index in [4.69, 9.17) is 15.6 Å². The lowest BCUT2D eigenvalue weighted by atomic mass is 10.2. The third-order valence-corrected chi connectivity index (χ3v) is 4.00. The van der Waals surface area contributed by atoms with E-state index in [-0.39, 0.29) is 0 Å². The first-order chi connectivity index (χ1) is 8.28. The molecule has 0 radical (unpaired) electrons. The molecule has 19 heavy (non-hydrogen) atoms. The molecule has 0 saturated carbocycles. The summed E-state index contributed by atoms with van der Waals surface area (Å²) in [5.74, 6) is -8.28. The molecule has 0 aliphatic heterocycles. The standard InChI is InChI=1S/C8H13F5N2O3S/c9-7(10,8(11,12)13)2-4-19(15,18)3-1-5(14)6(16)17/h5,15H,1-4,14H2,(H,16,17)/t5-,19?/m0/s1. The first-order valence-corrected chi connectivity index (χ1v) is 6.85. The molecule has 0 amide bonds. The van der Waals surface area contributed by atoms with Crippen molar-refractivity contribution in [3.63, 3.8) is 0 Å². The minimum Gasteiger partial charge on any atom is -0.480 e. The number of carbonyl (C=O) groups is 1. The van der Waals surface area contributed by atoms with Crippen LogP contribution >= 0.6 is 0 Å². The van der Waals surface area contributed by atoms with Gasteiger partial charge in [0.2, 0.25) is 0 Å². The number of nitrogens with two attached hydrogens (primary N) is 1. The fourth-order valence-electron chi connectivity index (χ4n) is 0.978. The average molecular weight is 312 g/mol. The minimum absolute atomic E-state index is 0.435. The van der Waals surface area contributed by atoms with Crippen molar-refractivity contribution in [1.29, 1.82) is 4.78 Å². The van der Waals surface area contributed by atoms with Crippen LogP contribution in [-0.4, -0.2) is 44.9 Å². The Labute approximate surface area is 105 Å². The quantitative estimate of drug-likeness (QED) is 0.618. The molecule has 0 aliphatic carbocycles. The summed E-state index contributed by atoms with van der Waals surface area (Å²) in [6.45, 7) is 0. The van der Waals surface area contributed by atoms with Gasteiger partial charge in [-0.05, 0) is 6.42 Å². The second kappa shape index (κ2) is 5.99. The Morgan fingerprint density at radius 2 is 1.74 bits per heavy atom. The van der Waals surface area contributed by atoms with E-state index in [2.05, 4.69) is 0 Å².